The maximum absolute atomic E-state index is 12.9. The second-order valence-electron chi connectivity index (χ2n) is 7.27. The number of likely N-dealkylation sites (tertiary alicyclic amines) is 1. The summed E-state index contributed by atoms with van der Waals surface area (Å²) in [5, 5.41) is 1.62. The van der Waals surface area contributed by atoms with Crippen molar-refractivity contribution in [3.8, 4) is 0 Å². The number of carbonyl (C=O) groups is 2. The van der Waals surface area contributed by atoms with Gasteiger partial charge in [0, 0.05) is 24.9 Å². The second-order valence-corrected chi connectivity index (χ2v) is 11.3. The standard InChI is InChI=1S/C14H17Cl2F3N2O4S/c1-12(3-2-4-26(12,24)25)9(20-11(23)14(17,18)19)10(22)21-5-7-8(6-21)13(7,15)16/h7-9H,2-6H2,1H3,(H,20,23)/t7-,8+,9-,12?/m1/s1. The molecule has 3 fully saturated rings. The lowest BCUT2D eigenvalue weighted by Crippen LogP contribution is -2.63. The van der Waals surface area contributed by atoms with E-state index in [-0.39, 0.29) is 43.5 Å². The third-order valence-electron chi connectivity index (χ3n) is 5.70. The molecule has 26 heavy (non-hydrogen) atoms. The second kappa shape index (κ2) is 5.88. The van der Waals surface area contributed by atoms with Crippen molar-refractivity contribution in [3.05, 3.63) is 0 Å². The third-order valence-corrected chi connectivity index (χ3v) is 9.51. The Balaban J connectivity index is 1.87. The summed E-state index contributed by atoms with van der Waals surface area (Å²) in [7, 11) is -3.86. The molecule has 0 radical (unpaired) electrons. The summed E-state index contributed by atoms with van der Waals surface area (Å²) in [6.07, 6.45) is -5.03. The molecular formula is C14H17Cl2F3N2O4S. The first-order chi connectivity index (χ1) is 11.7. The summed E-state index contributed by atoms with van der Waals surface area (Å²) in [5.74, 6) is -3.85. The van der Waals surface area contributed by atoms with Crippen molar-refractivity contribution < 1.29 is 31.2 Å². The zero-order valence-corrected chi connectivity index (χ0v) is 16.0. The topological polar surface area (TPSA) is 83.6 Å². The van der Waals surface area contributed by atoms with E-state index in [1.54, 1.807) is 5.32 Å². The first-order valence-corrected chi connectivity index (χ1v) is 10.4. The van der Waals surface area contributed by atoms with Crippen LogP contribution in [0.25, 0.3) is 0 Å². The minimum Gasteiger partial charge on any atom is -0.340 e. The van der Waals surface area contributed by atoms with Gasteiger partial charge in [0.25, 0.3) is 0 Å². The fourth-order valence-corrected chi connectivity index (χ4v) is 6.61. The molecule has 12 heteroatoms. The van der Waals surface area contributed by atoms with Crippen molar-refractivity contribution in [3.63, 3.8) is 0 Å². The largest absolute Gasteiger partial charge is 0.471 e. The number of rotatable bonds is 3. The predicted molar refractivity (Wildman–Crippen MR) is 87.4 cm³/mol. The maximum atomic E-state index is 12.9. The van der Waals surface area contributed by atoms with Gasteiger partial charge < -0.3 is 10.2 Å². The Kier molecular flexibility index (Phi) is 4.52. The van der Waals surface area contributed by atoms with Gasteiger partial charge in [-0.25, -0.2) is 8.42 Å². The van der Waals surface area contributed by atoms with Gasteiger partial charge in [-0.1, -0.05) is 0 Å². The van der Waals surface area contributed by atoms with Crippen LogP contribution in [0.1, 0.15) is 19.8 Å². The molecule has 1 saturated carbocycles. The number of carbonyl (C=O) groups excluding carboxylic acids is 2. The summed E-state index contributed by atoms with van der Waals surface area (Å²) in [6.45, 7) is 1.44. The van der Waals surface area contributed by atoms with Crippen molar-refractivity contribution in [2.24, 2.45) is 11.8 Å². The van der Waals surface area contributed by atoms with Gasteiger partial charge in [-0.2, -0.15) is 13.2 Å². The number of sulfone groups is 1. The van der Waals surface area contributed by atoms with Crippen molar-refractivity contribution >= 4 is 44.9 Å². The lowest BCUT2D eigenvalue weighted by molar-refractivity contribution is -0.175. The van der Waals surface area contributed by atoms with E-state index in [0.29, 0.717) is 0 Å². The average Bonchev–Trinajstić information content (AvgIpc) is 2.87. The monoisotopic (exact) mass is 436 g/mol. The Labute approximate surface area is 158 Å². The molecule has 1 N–H and O–H groups in total. The summed E-state index contributed by atoms with van der Waals surface area (Å²) in [6, 6.07) is -1.82. The molecule has 1 aliphatic carbocycles. The number of piperidine rings is 1. The first kappa shape index (κ1) is 20.0. The minimum absolute atomic E-state index is 0.0144. The molecule has 6 nitrogen and oxygen atoms in total. The molecule has 0 spiro atoms. The first-order valence-electron chi connectivity index (χ1n) is 7.98. The van der Waals surface area contributed by atoms with E-state index < -0.39 is 43.0 Å². The van der Waals surface area contributed by atoms with Gasteiger partial charge in [0.1, 0.15) is 10.4 Å². The van der Waals surface area contributed by atoms with E-state index in [2.05, 4.69) is 0 Å². The lowest BCUT2D eigenvalue weighted by atomic mass is 9.94. The summed E-state index contributed by atoms with van der Waals surface area (Å²) in [5.41, 5.74) is 0. The van der Waals surface area contributed by atoms with E-state index in [1.807, 2.05) is 0 Å². The number of halogens is 5. The Hall–Kier alpha value is -0.740. The molecule has 0 aromatic heterocycles. The Morgan fingerprint density at radius 3 is 2.19 bits per heavy atom. The van der Waals surface area contributed by atoms with E-state index in [0.717, 1.165) is 0 Å². The van der Waals surface area contributed by atoms with Crippen LogP contribution in [-0.2, 0) is 19.4 Å². The van der Waals surface area contributed by atoms with Gasteiger partial charge in [-0.3, -0.25) is 9.59 Å². The van der Waals surface area contributed by atoms with Crippen LogP contribution in [0.2, 0.25) is 0 Å². The lowest BCUT2D eigenvalue weighted by Gasteiger charge is -2.36. The smallest absolute Gasteiger partial charge is 0.340 e. The number of alkyl halides is 5. The van der Waals surface area contributed by atoms with Crippen molar-refractivity contribution in [1.82, 2.24) is 10.2 Å². The van der Waals surface area contributed by atoms with E-state index in [9.17, 15) is 31.2 Å². The van der Waals surface area contributed by atoms with Crippen LogP contribution in [0.3, 0.4) is 0 Å². The number of hydrogen-bond acceptors (Lipinski definition) is 4. The summed E-state index contributed by atoms with van der Waals surface area (Å²) in [4.78, 5) is 25.5. The Morgan fingerprint density at radius 2 is 1.77 bits per heavy atom. The Bertz CT molecular complexity index is 744. The number of nitrogens with zero attached hydrogens (tertiary/aromatic N) is 1. The molecule has 2 saturated heterocycles. The molecule has 2 aliphatic heterocycles. The molecule has 2 amide bonds. The van der Waals surface area contributed by atoms with Crippen LogP contribution in [0.4, 0.5) is 13.2 Å². The van der Waals surface area contributed by atoms with Crippen molar-refractivity contribution in [2.75, 3.05) is 18.8 Å². The highest BCUT2D eigenvalue weighted by Gasteiger charge is 2.68. The highest BCUT2D eigenvalue weighted by atomic mass is 35.5. The Morgan fingerprint density at radius 1 is 1.23 bits per heavy atom. The molecule has 148 valence electrons. The van der Waals surface area contributed by atoms with E-state index in [1.165, 1.54) is 11.8 Å². The zero-order valence-electron chi connectivity index (χ0n) is 13.6. The summed E-state index contributed by atoms with van der Waals surface area (Å²) < 4.78 is 60.2. The van der Waals surface area contributed by atoms with Gasteiger partial charge in [0.05, 0.1) is 10.5 Å². The third kappa shape index (κ3) is 2.97. The number of hydrogen-bond donors (Lipinski definition) is 1. The van der Waals surface area contributed by atoms with Gasteiger partial charge in [-0.05, 0) is 19.8 Å². The number of nitrogens with one attached hydrogen (secondary N) is 1. The molecule has 1 unspecified atom stereocenters. The van der Waals surface area contributed by atoms with Crippen LogP contribution in [0, 0.1) is 11.8 Å². The van der Waals surface area contributed by atoms with Gasteiger partial charge in [0.2, 0.25) is 5.91 Å². The van der Waals surface area contributed by atoms with Crippen LogP contribution in [0.5, 0.6) is 0 Å². The minimum atomic E-state index is -5.23. The SMILES string of the molecule is CC1([C@H](NC(=O)C(F)(F)F)C(=O)N2C[C@@H]3[C@H](C2)C3(Cl)Cl)CCCS1(=O)=O. The van der Waals surface area contributed by atoms with E-state index in [4.69, 9.17) is 23.2 Å². The summed E-state index contributed by atoms with van der Waals surface area (Å²) >= 11 is 12.0. The number of fused-ring (bicyclic) bond motifs is 1. The van der Waals surface area contributed by atoms with Crippen LogP contribution in [0.15, 0.2) is 0 Å². The van der Waals surface area contributed by atoms with Crippen LogP contribution >= 0.6 is 23.2 Å². The van der Waals surface area contributed by atoms with Crippen LogP contribution in [-0.4, -0.2) is 65.3 Å². The number of amides is 2. The molecule has 0 bridgehead atoms. The van der Waals surface area contributed by atoms with Crippen LogP contribution < -0.4 is 5.32 Å². The highest BCUT2D eigenvalue weighted by molar-refractivity contribution is 7.93. The predicted octanol–water partition coefficient (Wildman–Crippen LogP) is 1.26. The molecule has 0 aromatic carbocycles. The fourth-order valence-electron chi connectivity index (χ4n) is 3.88. The normalized spacial score (nSPS) is 35.7. The molecule has 2 heterocycles. The molecule has 4 atom stereocenters. The van der Waals surface area contributed by atoms with Crippen molar-refractivity contribution in [2.45, 2.75) is 41.1 Å². The molecule has 0 aromatic rings. The average molecular weight is 437 g/mol. The zero-order chi connectivity index (χ0) is 19.7. The molecular weight excluding hydrogens is 420 g/mol. The highest BCUT2D eigenvalue weighted by Crippen LogP contribution is 2.62. The van der Waals surface area contributed by atoms with Gasteiger partial charge in [0.15, 0.2) is 9.84 Å². The maximum Gasteiger partial charge on any atom is 0.471 e. The molecule has 3 aliphatic rings. The molecule has 3 rings (SSSR count). The fraction of sp³-hybridized carbons (Fsp3) is 0.857. The van der Waals surface area contributed by atoms with Crippen molar-refractivity contribution in [1.29, 1.82) is 0 Å². The van der Waals surface area contributed by atoms with E-state index >= 15 is 0 Å². The van der Waals surface area contributed by atoms with Gasteiger partial charge >= 0.3 is 12.1 Å². The van der Waals surface area contributed by atoms with Gasteiger partial charge in [-0.15, -0.1) is 23.2 Å². The quantitative estimate of drug-likeness (QED) is 0.675.